The lowest BCUT2D eigenvalue weighted by Gasteiger charge is -2.24. The molecule has 1 aliphatic rings. The second-order valence-corrected chi connectivity index (χ2v) is 8.53. The second-order valence-electron chi connectivity index (χ2n) is 8.53. The fourth-order valence-electron chi connectivity index (χ4n) is 4.30. The van der Waals surface area contributed by atoms with Gasteiger partial charge in [-0.05, 0) is 66.1 Å². The molecule has 1 atom stereocenters. The van der Waals surface area contributed by atoms with Gasteiger partial charge in [-0.25, -0.2) is 0 Å². The van der Waals surface area contributed by atoms with Crippen LogP contribution in [0.25, 0.3) is 5.76 Å². The van der Waals surface area contributed by atoms with Crippen molar-refractivity contribution < 1.29 is 23.8 Å². The number of likely N-dealkylation sites (tertiary alicyclic amines) is 1. The zero-order valence-corrected chi connectivity index (χ0v) is 19.6. The Morgan fingerprint density at radius 1 is 1.03 bits per heavy atom. The van der Waals surface area contributed by atoms with Crippen LogP contribution in [0.2, 0.25) is 0 Å². The molecule has 4 aromatic rings. The lowest BCUT2D eigenvalue weighted by atomic mass is 9.96. The third kappa shape index (κ3) is 4.51. The Bertz CT molecular complexity index is 1410. The predicted molar refractivity (Wildman–Crippen MR) is 133 cm³/mol. The SMILES string of the molecule is Cc1ccccc1COc1ccc(/C(O)=C2/C(=O)C(=O)N(Cc3ccco3)C2c2cccnc2)cc1. The van der Waals surface area contributed by atoms with Crippen molar-refractivity contribution in [3.63, 3.8) is 0 Å². The van der Waals surface area contributed by atoms with Gasteiger partial charge in [0, 0.05) is 18.0 Å². The van der Waals surface area contributed by atoms with E-state index < -0.39 is 17.7 Å². The van der Waals surface area contributed by atoms with Crippen molar-refractivity contribution >= 4 is 17.4 Å². The van der Waals surface area contributed by atoms with Gasteiger partial charge < -0.3 is 19.2 Å². The number of hydrogen-bond donors (Lipinski definition) is 1. The maximum absolute atomic E-state index is 13.1. The Morgan fingerprint density at radius 3 is 2.53 bits per heavy atom. The number of ketones is 1. The van der Waals surface area contributed by atoms with Gasteiger partial charge in [0.1, 0.15) is 23.9 Å². The van der Waals surface area contributed by atoms with Crippen LogP contribution in [0.15, 0.2) is 101 Å². The molecule has 2 aromatic carbocycles. The largest absolute Gasteiger partial charge is 0.507 e. The molecule has 0 bridgehead atoms. The van der Waals surface area contributed by atoms with Crippen molar-refractivity contribution in [1.29, 1.82) is 0 Å². The number of rotatable bonds is 7. The van der Waals surface area contributed by atoms with Crippen LogP contribution >= 0.6 is 0 Å². The molecule has 180 valence electrons. The average molecular weight is 481 g/mol. The Balaban J connectivity index is 1.46. The summed E-state index contributed by atoms with van der Waals surface area (Å²) in [5.41, 5.74) is 3.25. The molecule has 5 rings (SSSR count). The lowest BCUT2D eigenvalue weighted by molar-refractivity contribution is -0.140. The first-order valence-corrected chi connectivity index (χ1v) is 11.5. The molecular weight excluding hydrogens is 456 g/mol. The summed E-state index contributed by atoms with van der Waals surface area (Å²) in [4.78, 5) is 31.7. The number of aliphatic hydroxyl groups excluding tert-OH is 1. The summed E-state index contributed by atoms with van der Waals surface area (Å²) in [5.74, 6) is -0.569. The van der Waals surface area contributed by atoms with Gasteiger partial charge in [-0.2, -0.15) is 0 Å². The molecular formula is C29H24N2O5. The summed E-state index contributed by atoms with van der Waals surface area (Å²) >= 11 is 0. The van der Waals surface area contributed by atoms with Crippen LogP contribution in [0.5, 0.6) is 5.75 Å². The van der Waals surface area contributed by atoms with E-state index in [0.29, 0.717) is 29.2 Å². The van der Waals surface area contributed by atoms with E-state index in [0.717, 1.165) is 11.1 Å². The standard InChI is InChI=1S/C29H24N2O5/c1-19-6-2-3-7-22(19)18-36-23-12-10-20(11-13-23)27(32)25-26(21-8-4-14-30-16-21)31(29(34)28(25)33)17-24-9-5-15-35-24/h2-16,26,32H,17-18H2,1H3/b27-25-. The highest BCUT2D eigenvalue weighted by Crippen LogP contribution is 2.40. The third-order valence-corrected chi connectivity index (χ3v) is 6.23. The van der Waals surface area contributed by atoms with Crippen LogP contribution in [-0.4, -0.2) is 26.7 Å². The van der Waals surface area contributed by atoms with E-state index in [-0.39, 0.29) is 17.9 Å². The number of carbonyl (C=O) groups is 2. The monoisotopic (exact) mass is 480 g/mol. The van der Waals surface area contributed by atoms with Gasteiger partial charge in [0.05, 0.1) is 24.4 Å². The summed E-state index contributed by atoms with van der Waals surface area (Å²) in [6.45, 7) is 2.52. The van der Waals surface area contributed by atoms with Gasteiger partial charge in [-0.15, -0.1) is 0 Å². The average Bonchev–Trinajstić information content (AvgIpc) is 3.51. The van der Waals surface area contributed by atoms with Crippen LogP contribution in [0.4, 0.5) is 0 Å². The van der Waals surface area contributed by atoms with E-state index in [1.54, 1.807) is 60.9 Å². The minimum atomic E-state index is -0.805. The minimum Gasteiger partial charge on any atom is -0.507 e. The zero-order valence-electron chi connectivity index (χ0n) is 19.6. The molecule has 1 unspecified atom stereocenters. The maximum Gasteiger partial charge on any atom is 0.296 e. The summed E-state index contributed by atoms with van der Waals surface area (Å²) < 4.78 is 11.3. The molecule has 0 radical (unpaired) electrons. The van der Waals surface area contributed by atoms with Crippen LogP contribution in [0, 0.1) is 6.92 Å². The summed E-state index contributed by atoms with van der Waals surface area (Å²) in [5, 5.41) is 11.2. The molecule has 1 N–H and O–H groups in total. The molecule has 7 heteroatoms. The van der Waals surface area contributed by atoms with E-state index >= 15 is 0 Å². The van der Waals surface area contributed by atoms with Crippen LogP contribution in [0.3, 0.4) is 0 Å². The molecule has 36 heavy (non-hydrogen) atoms. The topological polar surface area (TPSA) is 92.9 Å². The van der Waals surface area contributed by atoms with E-state index in [4.69, 9.17) is 9.15 Å². The lowest BCUT2D eigenvalue weighted by Crippen LogP contribution is -2.29. The number of hydrogen-bond acceptors (Lipinski definition) is 6. The molecule has 1 fully saturated rings. The number of furan rings is 1. The molecule has 7 nitrogen and oxygen atoms in total. The Hall–Kier alpha value is -4.65. The number of carbonyl (C=O) groups excluding carboxylic acids is 2. The number of nitrogens with zero attached hydrogens (tertiary/aromatic N) is 2. The molecule has 1 aliphatic heterocycles. The number of benzene rings is 2. The van der Waals surface area contributed by atoms with Gasteiger partial charge in [0.25, 0.3) is 11.7 Å². The molecule has 0 saturated carbocycles. The van der Waals surface area contributed by atoms with Gasteiger partial charge in [-0.1, -0.05) is 30.3 Å². The maximum atomic E-state index is 13.1. The molecule has 2 aromatic heterocycles. The smallest absolute Gasteiger partial charge is 0.296 e. The van der Waals surface area contributed by atoms with Crippen molar-refractivity contribution in [2.45, 2.75) is 26.1 Å². The minimum absolute atomic E-state index is 0.00753. The van der Waals surface area contributed by atoms with Crippen LogP contribution < -0.4 is 4.74 Å². The van der Waals surface area contributed by atoms with E-state index in [2.05, 4.69) is 4.98 Å². The fourth-order valence-corrected chi connectivity index (χ4v) is 4.30. The number of aliphatic hydroxyl groups is 1. The fraction of sp³-hybridized carbons (Fsp3) is 0.138. The van der Waals surface area contributed by atoms with E-state index in [1.807, 2.05) is 31.2 Å². The summed E-state index contributed by atoms with van der Waals surface area (Å²) in [6, 6.07) is 20.9. The number of pyridine rings is 1. The zero-order chi connectivity index (χ0) is 25.1. The quantitative estimate of drug-likeness (QED) is 0.222. The van der Waals surface area contributed by atoms with Crippen LogP contribution in [-0.2, 0) is 22.7 Å². The van der Waals surface area contributed by atoms with Gasteiger partial charge in [-0.3, -0.25) is 14.6 Å². The normalized spacial score (nSPS) is 16.9. The number of amides is 1. The van der Waals surface area contributed by atoms with Gasteiger partial charge in [0.2, 0.25) is 0 Å². The van der Waals surface area contributed by atoms with Crippen molar-refractivity contribution in [3.8, 4) is 5.75 Å². The van der Waals surface area contributed by atoms with Gasteiger partial charge in [0.15, 0.2) is 0 Å². The Kier molecular flexibility index (Phi) is 6.36. The van der Waals surface area contributed by atoms with E-state index in [1.165, 1.54) is 11.2 Å². The molecule has 1 saturated heterocycles. The predicted octanol–water partition coefficient (Wildman–Crippen LogP) is 5.18. The molecule has 0 spiro atoms. The third-order valence-electron chi connectivity index (χ3n) is 6.23. The summed E-state index contributed by atoms with van der Waals surface area (Å²) in [6.07, 6.45) is 4.70. The van der Waals surface area contributed by atoms with Crippen LogP contribution in [0.1, 0.15) is 34.1 Å². The number of Topliss-reactive ketones (excluding diaryl/α,β-unsaturated/α-hetero) is 1. The van der Waals surface area contributed by atoms with Crippen molar-refractivity contribution in [2.24, 2.45) is 0 Å². The first-order valence-electron chi connectivity index (χ1n) is 11.5. The molecule has 0 aliphatic carbocycles. The first-order chi connectivity index (χ1) is 17.5. The van der Waals surface area contributed by atoms with Crippen molar-refractivity contribution in [1.82, 2.24) is 9.88 Å². The highest BCUT2D eigenvalue weighted by Gasteiger charge is 2.46. The highest BCUT2D eigenvalue weighted by atomic mass is 16.5. The summed E-state index contributed by atoms with van der Waals surface area (Å²) in [7, 11) is 0. The second kappa shape index (κ2) is 9.92. The Morgan fingerprint density at radius 2 is 1.83 bits per heavy atom. The molecule has 1 amide bonds. The first kappa shape index (κ1) is 23.1. The number of ether oxygens (including phenoxy) is 1. The van der Waals surface area contributed by atoms with Crippen molar-refractivity contribution in [2.75, 3.05) is 0 Å². The highest BCUT2D eigenvalue weighted by molar-refractivity contribution is 6.46. The number of aromatic nitrogens is 1. The Labute approximate surface area is 208 Å². The van der Waals surface area contributed by atoms with Gasteiger partial charge >= 0.3 is 0 Å². The molecule has 3 heterocycles. The van der Waals surface area contributed by atoms with E-state index in [9.17, 15) is 14.7 Å². The van der Waals surface area contributed by atoms with Crippen molar-refractivity contribution in [3.05, 3.63) is 125 Å². The number of aryl methyl sites for hydroxylation is 1.